The van der Waals surface area contributed by atoms with Crippen LogP contribution in [0.4, 0.5) is 0 Å². The highest BCUT2D eigenvalue weighted by Crippen LogP contribution is 2.41. The Kier molecular flexibility index (Phi) is 4.44. The highest BCUT2D eigenvalue weighted by atomic mass is 16.5. The molecule has 2 saturated heterocycles. The van der Waals surface area contributed by atoms with E-state index in [0.717, 1.165) is 42.6 Å². The SMILES string of the molecule is Cc1cncc(CO[C@@H]2CCOC3(C2)CN(C(=O)c2cc(C4CC4)on2)C3)c1. The molecule has 1 aliphatic carbocycles. The fourth-order valence-corrected chi connectivity index (χ4v) is 4.16. The Morgan fingerprint density at radius 3 is 2.93 bits per heavy atom. The lowest BCUT2D eigenvalue weighted by Crippen LogP contribution is -2.67. The number of amides is 1. The average Bonchev–Trinajstić information content (AvgIpc) is 3.41. The van der Waals surface area contributed by atoms with Crippen molar-refractivity contribution in [3.63, 3.8) is 0 Å². The maximum Gasteiger partial charge on any atom is 0.276 e. The fourth-order valence-electron chi connectivity index (χ4n) is 4.16. The van der Waals surface area contributed by atoms with Crippen molar-refractivity contribution in [2.75, 3.05) is 19.7 Å². The van der Waals surface area contributed by atoms with Crippen molar-refractivity contribution in [2.45, 2.75) is 56.8 Å². The molecule has 2 aromatic heterocycles. The molecule has 28 heavy (non-hydrogen) atoms. The van der Waals surface area contributed by atoms with Crippen LogP contribution in [0.1, 0.15) is 59.0 Å². The second-order valence-corrected chi connectivity index (χ2v) is 8.38. The van der Waals surface area contributed by atoms with Crippen LogP contribution >= 0.6 is 0 Å². The number of carbonyl (C=O) groups is 1. The summed E-state index contributed by atoms with van der Waals surface area (Å²) in [6, 6.07) is 3.90. The molecule has 7 heteroatoms. The van der Waals surface area contributed by atoms with E-state index >= 15 is 0 Å². The van der Waals surface area contributed by atoms with E-state index in [1.165, 1.54) is 0 Å². The zero-order valence-electron chi connectivity index (χ0n) is 16.1. The van der Waals surface area contributed by atoms with Crippen LogP contribution in [-0.2, 0) is 16.1 Å². The normalized spacial score (nSPS) is 23.6. The average molecular weight is 383 g/mol. The van der Waals surface area contributed by atoms with Gasteiger partial charge in [-0.3, -0.25) is 9.78 Å². The first kappa shape index (κ1) is 17.8. The highest BCUT2D eigenvalue weighted by molar-refractivity contribution is 5.93. The second-order valence-electron chi connectivity index (χ2n) is 8.38. The van der Waals surface area contributed by atoms with Gasteiger partial charge in [-0.05, 0) is 37.3 Å². The molecule has 0 bridgehead atoms. The third-order valence-electron chi connectivity index (χ3n) is 5.84. The third kappa shape index (κ3) is 3.56. The molecule has 3 fully saturated rings. The van der Waals surface area contributed by atoms with Crippen molar-refractivity contribution in [1.82, 2.24) is 15.0 Å². The molecule has 0 N–H and O–H groups in total. The number of carbonyl (C=O) groups excluding carboxylic acids is 1. The summed E-state index contributed by atoms with van der Waals surface area (Å²) in [6.45, 7) is 4.42. The largest absolute Gasteiger partial charge is 0.373 e. The van der Waals surface area contributed by atoms with Crippen molar-refractivity contribution in [3.05, 3.63) is 47.1 Å². The molecule has 2 aromatic rings. The van der Waals surface area contributed by atoms with Crippen LogP contribution < -0.4 is 0 Å². The predicted octanol–water partition coefficient (Wildman–Crippen LogP) is 2.85. The van der Waals surface area contributed by atoms with Crippen molar-refractivity contribution in [1.29, 1.82) is 0 Å². The lowest BCUT2D eigenvalue weighted by atomic mass is 9.84. The molecule has 1 amide bonds. The van der Waals surface area contributed by atoms with Crippen LogP contribution in [0.5, 0.6) is 0 Å². The summed E-state index contributed by atoms with van der Waals surface area (Å²) in [7, 11) is 0. The van der Waals surface area contributed by atoms with Crippen LogP contribution in [0.15, 0.2) is 29.0 Å². The second kappa shape index (κ2) is 6.97. The monoisotopic (exact) mass is 383 g/mol. The number of pyridine rings is 1. The van der Waals surface area contributed by atoms with Gasteiger partial charge in [-0.1, -0.05) is 11.2 Å². The molecule has 5 rings (SSSR count). The summed E-state index contributed by atoms with van der Waals surface area (Å²) in [6.07, 6.45) is 7.77. The Bertz CT molecular complexity index is 870. The van der Waals surface area contributed by atoms with Gasteiger partial charge in [-0.25, -0.2) is 0 Å². The molecule has 0 radical (unpaired) electrons. The van der Waals surface area contributed by atoms with Gasteiger partial charge in [0.25, 0.3) is 5.91 Å². The molecule has 3 aliphatic rings. The minimum atomic E-state index is -0.285. The number of likely N-dealkylation sites (tertiary alicyclic amines) is 1. The molecular formula is C21H25N3O4. The quantitative estimate of drug-likeness (QED) is 0.790. The molecule has 1 spiro atoms. The van der Waals surface area contributed by atoms with E-state index in [4.69, 9.17) is 14.0 Å². The Morgan fingerprint density at radius 2 is 2.14 bits per heavy atom. The van der Waals surface area contributed by atoms with E-state index in [2.05, 4.69) is 16.2 Å². The van der Waals surface area contributed by atoms with Crippen molar-refractivity contribution in [2.24, 2.45) is 0 Å². The van der Waals surface area contributed by atoms with Gasteiger partial charge < -0.3 is 18.9 Å². The van der Waals surface area contributed by atoms with Gasteiger partial charge in [0.2, 0.25) is 0 Å². The summed E-state index contributed by atoms with van der Waals surface area (Å²) in [4.78, 5) is 18.7. The lowest BCUT2D eigenvalue weighted by molar-refractivity contribution is -0.188. The van der Waals surface area contributed by atoms with Gasteiger partial charge in [0, 0.05) is 37.4 Å². The van der Waals surface area contributed by atoms with Crippen molar-refractivity contribution in [3.8, 4) is 0 Å². The van der Waals surface area contributed by atoms with E-state index in [-0.39, 0.29) is 17.6 Å². The van der Waals surface area contributed by atoms with Gasteiger partial charge in [0.05, 0.1) is 25.8 Å². The molecule has 1 saturated carbocycles. The zero-order valence-corrected chi connectivity index (χ0v) is 16.1. The van der Waals surface area contributed by atoms with Gasteiger partial charge in [-0.15, -0.1) is 0 Å². The predicted molar refractivity (Wildman–Crippen MR) is 99.8 cm³/mol. The van der Waals surface area contributed by atoms with Crippen LogP contribution in [0, 0.1) is 6.92 Å². The summed E-state index contributed by atoms with van der Waals surface area (Å²) < 4.78 is 17.5. The minimum absolute atomic E-state index is 0.0706. The van der Waals surface area contributed by atoms with Gasteiger partial charge in [-0.2, -0.15) is 0 Å². The van der Waals surface area contributed by atoms with Crippen LogP contribution in [0.3, 0.4) is 0 Å². The molecule has 1 atom stereocenters. The van der Waals surface area contributed by atoms with Gasteiger partial charge >= 0.3 is 0 Å². The zero-order chi connectivity index (χ0) is 19.1. The smallest absolute Gasteiger partial charge is 0.276 e. The van der Waals surface area contributed by atoms with Gasteiger partial charge in [0.1, 0.15) is 11.4 Å². The number of aromatic nitrogens is 2. The van der Waals surface area contributed by atoms with Crippen LogP contribution in [0.25, 0.3) is 0 Å². The van der Waals surface area contributed by atoms with E-state index in [1.807, 2.05) is 19.3 Å². The summed E-state index contributed by atoms with van der Waals surface area (Å²) in [5, 5.41) is 3.96. The topological polar surface area (TPSA) is 77.7 Å². The Labute approximate surface area is 164 Å². The fraction of sp³-hybridized carbons (Fsp3) is 0.571. The summed E-state index contributed by atoms with van der Waals surface area (Å²) in [5.74, 6) is 1.23. The minimum Gasteiger partial charge on any atom is -0.373 e. The first-order valence-corrected chi connectivity index (χ1v) is 10.0. The molecule has 148 valence electrons. The summed E-state index contributed by atoms with van der Waals surface area (Å²) in [5.41, 5.74) is 2.35. The van der Waals surface area contributed by atoms with Crippen LogP contribution in [-0.4, -0.2) is 52.3 Å². The molecular weight excluding hydrogens is 358 g/mol. The molecule has 0 aromatic carbocycles. The summed E-state index contributed by atoms with van der Waals surface area (Å²) >= 11 is 0. The highest BCUT2D eigenvalue weighted by Gasteiger charge is 2.50. The number of ether oxygens (including phenoxy) is 2. The van der Waals surface area contributed by atoms with Crippen LogP contribution in [0.2, 0.25) is 0 Å². The standard InChI is InChI=1S/C21H25N3O4/c1-14-6-15(10-22-9-14)11-26-17-4-5-27-21(8-17)12-24(13-21)20(25)18-7-19(28-23-18)16-2-3-16/h6-7,9-10,16-17H,2-5,8,11-13H2,1H3/t17-/m1/s1. The molecule has 0 unspecified atom stereocenters. The number of hydrogen-bond donors (Lipinski definition) is 0. The van der Waals surface area contributed by atoms with E-state index in [1.54, 1.807) is 11.0 Å². The van der Waals surface area contributed by atoms with E-state index in [0.29, 0.717) is 37.9 Å². The van der Waals surface area contributed by atoms with E-state index < -0.39 is 0 Å². The molecule has 7 nitrogen and oxygen atoms in total. The molecule has 4 heterocycles. The van der Waals surface area contributed by atoms with Crippen molar-refractivity contribution >= 4 is 5.91 Å². The number of hydrogen-bond acceptors (Lipinski definition) is 6. The lowest BCUT2D eigenvalue weighted by Gasteiger charge is -2.52. The maximum absolute atomic E-state index is 12.6. The first-order valence-electron chi connectivity index (χ1n) is 10.0. The first-order chi connectivity index (χ1) is 13.6. The van der Waals surface area contributed by atoms with E-state index in [9.17, 15) is 4.79 Å². The number of nitrogens with zero attached hydrogens (tertiary/aromatic N) is 3. The maximum atomic E-state index is 12.6. The Morgan fingerprint density at radius 1 is 1.29 bits per heavy atom. The Hall–Kier alpha value is -2.25. The molecule has 2 aliphatic heterocycles. The van der Waals surface area contributed by atoms with Gasteiger partial charge in [0.15, 0.2) is 5.69 Å². The number of aryl methyl sites for hydroxylation is 1. The number of rotatable bonds is 5. The third-order valence-corrected chi connectivity index (χ3v) is 5.84. The Balaban J connectivity index is 1.15. The van der Waals surface area contributed by atoms with Crippen molar-refractivity contribution < 1.29 is 18.8 Å².